The number of carbonyl (C=O) groups excluding carboxylic acids is 3. The number of hydrogen-bond donors (Lipinski definition) is 2. The lowest BCUT2D eigenvalue weighted by atomic mass is 10.0. The molecule has 0 radical (unpaired) electrons. The Balaban J connectivity index is 1.55. The van der Waals surface area contributed by atoms with E-state index in [0.717, 1.165) is 5.56 Å². The molecule has 0 aromatic heterocycles. The molecule has 4 rings (SSSR count). The molecule has 0 fully saturated rings. The first kappa shape index (κ1) is 22.8. The highest BCUT2D eigenvalue weighted by Crippen LogP contribution is 2.33. The largest absolute Gasteiger partial charge is 0.494 e. The zero-order valence-electron chi connectivity index (χ0n) is 18.7. The Hall–Kier alpha value is -4.39. The Labute approximate surface area is 198 Å². The van der Waals surface area contributed by atoms with Gasteiger partial charge < -0.3 is 15.4 Å². The predicted molar refractivity (Wildman–Crippen MR) is 133 cm³/mol. The fourth-order valence-corrected chi connectivity index (χ4v) is 3.75. The van der Waals surface area contributed by atoms with Crippen molar-refractivity contribution in [2.75, 3.05) is 22.1 Å². The van der Waals surface area contributed by atoms with E-state index >= 15 is 0 Å². The molecule has 0 unspecified atom stereocenters. The van der Waals surface area contributed by atoms with Crippen LogP contribution in [-0.4, -0.2) is 30.4 Å². The van der Waals surface area contributed by atoms with Crippen LogP contribution in [0.5, 0.6) is 5.75 Å². The van der Waals surface area contributed by atoms with E-state index in [0.29, 0.717) is 29.4 Å². The van der Waals surface area contributed by atoms with Gasteiger partial charge in [-0.1, -0.05) is 42.5 Å². The number of nitrogens with one attached hydrogen (secondary N) is 2. The van der Waals surface area contributed by atoms with Gasteiger partial charge >= 0.3 is 0 Å². The maximum Gasteiger partial charge on any atom is 0.251 e. The number of benzene rings is 3. The first-order chi connectivity index (χ1) is 16.5. The molecule has 0 saturated heterocycles. The second kappa shape index (κ2) is 10.5. The molecule has 3 aromatic rings. The Morgan fingerprint density at radius 2 is 1.71 bits per heavy atom. The molecule has 1 aliphatic heterocycles. The molecule has 172 valence electrons. The summed E-state index contributed by atoms with van der Waals surface area (Å²) in [7, 11) is 0. The van der Waals surface area contributed by atoms with Crippen LogP contribution in [0.2, 0.25) is 0 Å². The standard InChI is InChI=1S/C27H25N3O4/c1-2-34-21-15-13-20(14-16-21)28-25(31)18-24-27(33)29-22-10-6-7-11-23(22)30(24)26(32)17-12-19-8-4-3-5-9-19/h3-17,24H,2,18H2,1H3,(H,28,31)(H,29,33)/b17-12+/t24-/m1/s1. The minimum atomic E-state index is -0.995. The summed E-state index contributed by atoms with van der Waals surface area (Å²) in [5.74, 6) is -0.480. The highest BCUT2D eigenvalue weighted by atomic mass is 16.5. The fourth-order valence-electron chi connectivity index (χ4n) is 3.75. The zero-order chi connectivity index (χ0) is 23.9. The molecule has 7 nitrogen and oxygen atoms in total. The van der Waals surface area contributed by atoms with E-state index in [4.69, 9.17) is 4.74 Å². The van der Waals surface area contributed by atoms with Crippen LogP contribution in [0.25, 0.3) is 6.08 Å². The van der Waals surface area contributed by atoms with Crippen LogP contribution in [0.15, 0.2) is 84.9 Å². The third-order valence-electron chi connectivity index (χ3n) is 5.32. The molecule has 0 spiro atoms. The quantitative estimate of drug-likeness (QED) is 0.514. The second-order valence-electron chi connectivity index (χ2n) is 7.68. The van der Waals surface area contributed by atoms with E-state index in [9.17, 15) is 14.4 Å². The summed E-state index contributed by atoms with van der Waals surface area (Å²) in [6.45, 7) is 2.44. The van der Waals surface area contributed by atoms with Crippen LogP contribution in [0, 0.1) is 0 Å². The summed E-state index contributed by atoms with van der Waals surface area (Å²) >= 11 is 0. The van der Waals surface area contributed by atoms with Gasteiger partial charge in [-0.2, -0.15) is 0 Å². The maximum absolute atomic E-state index is 13.2. The number of carbonyl (C=O) groups is 3. The van der Waals surface area contributed by atoms with E-state index in [1.165, 1.54) is 11.0 Å². The molecule has 3 amide bonds. The van der Waals surface area contributed by atoms with E-state index in [1.54, 1.807) is 54.6 Å². The van der Waals surface area contributed by atoms with E-state index < -0.39 is 11.9 Å². The van der Waals surface area contributed by atoms with Crippen LogP contribution in [0.4, 0.5) is 17.1 Å². The normalized spacial score (nSPS) is 14.9. The van der Waals surface area contributed by atoms with Gasteiger partial charge in [0.1, 0.15) is 11.8 Å². The highest BCUT2D eigenvalue weighted by Gasteiger charge is 2.37. The Morgan fingerprint density at radius 3 is 2.44 bits per heavy atom. The van der Waals surface area contributed by atoms with Gasteiger partial charge in [-0.05, 0) is 55.0 Å². The van der Waals surface area contributed by atoms with E-state index in [-0.39, 0.29) is 18.2 Å². The van der Waals surface area contributed by atoms with Gasteiger partial charge in [0.05, 0.1) is 24.4 Å². The van der Waals surface area contributed by atoms with Crippen molar-refractivity contribution < 1.29 is 19.1 Å². The topological polar surface area (TPSA) is 87.7 Å². The molecule has 1 aliphatic rings. The van der Waals surface area contributed by atoms with Crippen molar-refractivity contribution in [1.82, 2.24) is 0 Å². The van der Waals surface area contributed by atoms with Gasteiger partial charge in [-0.25, -0.2) is 0 Å². The molecule has 7 heteroatoms. The van der Waals surface area contributed by atoms with Crippen LogP contribution in [0.1, 0.15) is 18.9 Å². The lowest BCUT2D eigenvalue weighted by molar-refractivity contribution is -0.124. The molecule has 0 bridgehead atoms. The number of ether oxygens (including phenoxy) is 1. The Kier molecular flexibility index (Phi) is 7.03. The van der Waals surface area contributed by atoms with Crippen molar-refractivity contribution in [2.24, 2.45) is 0 Å². The van der Waals surface area contributed by atoms with E-state index in [2.05, 4.69) is 10.6 Å². The minimum Gasteiger partial charge on any atom is -0.494 e. The maximum atomic E-state index is 13.2. The smallest absolute Gasteiger partial charge is 0.251 e. The second-order valence-corrected chi connectivity index (χ2v) is 7.68. The number of nitrogens with zero attached hydrogens (tertiary/aromatic N) is 1. The van der Waals surface area contributed by atoms with Gasteiger partial charge in [0.15, 0.2) is 0 Å². The average Bonchev–Trinajstić information content (AvgIpc) is 2.85. The summed E-state index contributed by atoms with van der Waals surface area (Å²) in [6.07, 6.45) is 2.91. The Bertz CT molecular complexity index is 1210. The van der Waals surface area contributed by atoms with Crippen molar-refractivity contribution >= 4 is 40.9 Å². The van der Waals surface area contributed by atoms with Gasteiger partial charge in [0.25, 0.3) is 5.91 Å². The van der Waals surface area contributed by atoms with Gasteiger partial charge in [0.2, 0.25) is 11.8 Å². The molecule has 1 atom stereocenters. The van der Waals surface area contributed by atoms with Crippen LogP contribution in [-0.2, 0) is 14.4 Å². The fraction of sp³-hybridized carbons (Fsp3) is 0.148. The SMILES string of the molecule is CCOc1ccc(NC(=O)C[C@@H]2C(=O)Nc3ccccc3N2C(=O)/C=C/c2ccccc2)cc1. The van der Waals surface area contributed by atoms with Crippen molar-refractivity contribution in [3.63, 3.8) is 0 Å². The predicted octanol–water partition coefficient (Wildman–Crippen LogP) is 4.48. The third kappa shape index (κ3) is 5.32. The van der Waals surface area contributed by atoms with Crippen LogP contribution >= 0.6 is 0 Å². The monoisotopic (exact) mass is 455 g/mol. The van der Waals surface area contributed by atoms with Gasteiger partial charge in [0, 0.05) is 11.8 Å². The summed E-state index contributed by atoms with van der Waals surface area (Å²) in [6, 6.07) is 22.4. The van der Waals surface area contributed by atoms with Crippen molar-refractivity contribution in [3.05, 3.63) is 90.5 Å². The summed E-state index contributed by atoms with van der Waals surface area (Å²) < 4.78 is 5.41. The first-order valence-electron chi connectivity index (χ1n) is 11.0. The van der Waals surface area contributed by atoms with Crippen molar-refractivity contribution in [3.8, 4) is 5.75 Å². The highest BCUT2D eigenvalue weighted by molar-refractivity contribution is 6.16. The molecular formula is C27H25N3O4. The zero-order valence-corrected chi connectivity index (χ0v) is 18.7. The number of rotatable bonds is 7. The Morgan fingerprint density at radius 1 is 1.00 bits per heavy atom. The van der Waals surface area contributed by atoms with Crippen LogP contribution in [0.3, 0.4) is 0 Å². The minimum absolute atomic E-state index is 0.196. The summed E-state index contributed by atoms with van der Waals surface area (Å²) in [5.41, 5.74) is 2.50. The number of fused-ring (bicyclic) bond motifs is 1. The number of hydrogen-bond acceptors (Lipinski definition) is 4. The molecule has 2 N–H and O–H groups in total. The molecule has 3 aromatic carbocycles. The lowest BCUT2D eigenvalue weighted by Crippen LogP contribution is -2.52. The molecule has 0 aliphatic carbocycles. The first-order valence-corrected chi connectivity index (χ1v) is 11.0. The summed E-state index contributed by atoms with van der Waals surface area (Å²) in [4.78, 5) is 40.4. The van der Waals surface area contributed by atoms with Crippen molar-refractivity contribution in [2.45, 2.75) is 19.4 Å². The molecule has 34 heavy (non-hydrogen) atoms. The lowest BCUT2D eigenvalue weighted by Gasteiger charge is -2.35. The van der Waals surface area contributed by atoms with E-state index in [1.807, 2.05) is 37.3 Å². The number of para-hydroxylation sites is 2. The van der Waals surface area contributed by atoms with Crippen molar-refractivity contribution in [1.29, 1.82) is 0 Å². The number of anilines is 3. The number of amides is 3. The molecular weight excluding hydrogens is 430 g/mol. The molecule has 0 saturated carbocycles. The average molecular weight is 456 g/mol. The molecule has 1 heterocycles. The van der Waals surface area contributed by atoms with Gasteiger partial charge in [-0.15, -0.1) is 0 Å². The summed E-state index contributed by atoms with van der Waals surface area (Å²) in [5, 5.41) is 5.60. The van der Waals surface area contributed by atoms with Crippen LogP contribution < -0.4 is 20.3 Å². The third-order valence-corrected chi connectivity index (χ3v) is 5.32. The van der Waals surface area contributed by atoms with Gasteiger partial charge in [-0.3, -0.25) is 19.3 Å².